The normalized spacial score (nSPS) is 20.5. The predicted molar refractivity (Wildman–Crippen MR) is 97.3 cm³/mol. The number of hydrogen-bond acceptors (Lipinski definition) is 3. The van der Waals surface area contributed by atoms with Crippen LogP contribution in [-0.4, -0.2) is 49.6 Å². The van der Waals surface area contributed by atoms with E-state index in [4.69, 9.17) is 0 Å². The minimum Gasteiger partial charge on any atom is -0.355 e. The van der Waals surface area contributed by atoms with E-state index in [2.05, 4.69) is 21.7 Å². The van der Waals surface area contributed by atoms with E-state index in [1.165, 1.54) is 24.2 Å². The van der Waals surface area contributed by atoms with Crippen molar-refractivity contribution in [2.45, 2.75) is 24.5 Å². The highest BCUT2D eigenvalue weighted by Gasteiger charge is 2.24. The fourth-order valence-corrected chi connectivity index (χ4v) is 4.29. The molecule has 1 atom stereocenters. The third kappa shape index (κ3) is 3.99. The quantitative estimate of drug-likeness (QED) is 0.650. The average molecular weight is 332 g/mol. The van der Waals surface area contributed by atoms with Gasteiger partial charge in [0.15, 0.2) is 5.96 Å². The van der Waals surface area contributed by atoms with Gasteiger partial charge in [-0.15, -0.1) is 0 Å². The van der Waals surface area contributed by atoms with Crippen molar-refractivity contribution < 1.29 is 4.79 Å². The van der Waals surface area contributed by atoms with E-state index in [0.717, 1.165) is 25.2 Å². The van der Waals surface area contributed by atoms with Crippen LogP contribution in [0.25, 0.3) is 0 Å². The molecule has 1 unspecified atom stereocenters. The lowest BCUT2D eigenvalue weighted by Crippen LogP contribution is -2.45. The minimum absolute atomic E-state index is 0.0909. The Bertz CT molecular complexity index is 584. The van der Waals surface area contributed by atoms with Crippen molar-refractivity contribution in [3.05, 3.63) is 29.8 Å². The van der Waals surface area contributed by atoms with Crippen LogP contribution in [-0.2, 0) is 11.2 Å². The molecule has 124 valence electrons. The van der Waals surface area contributed by atoms with Gasteiger partial charge < -0.3 is 15.5 Å². The molecule has 23 heavy (non-hydrogen) atoms. The van der Waals surface area contributed by atoms with Crippen molar-refractivity contribution in [3.8, 4) is 0 Å². The van der Waals surface area contributed by atoms with Crippen LogP contribution >= 0.6 is 11.8 Å². The summed E-state index contributed by atoms with van der Waals surface area (Å²) in [6.45, 7) is 1.95. The molecular formula is C17H24N4OS. The van der Waals surface area contributed by atoms with Crippen molar-refractivity contribution in [3.63, 3.8) is 0 Å². The molecule has 0 aliphatic carbocycles. The number of guanidine groups is 1. The van der Waals surface area contributed by atoms with Crippen LogP contribution in [0, 0.1) is 0 Å². The van der Waals surface area contributed by atoms with Gasteiger partial charge in [0.1, 0.15) is 0 Å². The summed E-state index contributed by atoms with van der Waals surface area (Å²) >= 11 is 2.01. The first-order valence-corrected chi connectivity index (χ1v) is 9.27. The summed E-state index contributed by atoms with van der Waals surface area (Å²) in [5.74, 6) is 2.05. The van der Waals surface area contributed by atoms with Crippen molar-refractivity contribution >= 4 is 29.3 Å². The Hall–Kier alpha value is -1.69. The number of rotatable bonds is 4. The van der Waals surface area contributed by atoms with Crippen LogP contribution < -0.4 is 15.5 Å². The fraction of sp³-hybridized carbons (Fsp3) is 0.529. The maximum Gasteiger partial charge on any atom is 0.246 e. The molecule has 0 radical (unpaired) electrons. The molecule has 1 saturated heterocycles. The van der Waals surface area contributed by atoms with Gasteiger partial charge in [0.05, 0.1) is 6.54 Å². The molecular weight excluding hydrogens is 308 g/mol. The lowest BCUT2D eigenvalue weighted by atomic mass is 10.2. The first-order chi connectivity index (χ1) is 11.3. The van der Waals surface area contributed by atoms with Crippen molar-refractivity contribution in [2.75, 3.05) is 37.3 Å². The number of anilines is 1. The van der Waals surface area contributed by atoms with Gasteiger partial charge in [-0.05, 0) is 36.6 Å². The molecule has 6 heteroatoms. The van der Waals surface area contributed by atoms with E-state index >= 15 is 0 Å². The Kier molecular flexibility index (Phi) is 5.43. The predicted octanol–water partition coefficient (Wildman–Crippen LogP) is 1.64. The summed E-state index contributed by atoms with van der Waals surface area (Å²) in [4.78, 5) is 18.5. The fourth-order valence-electron chi connectivity index (χ4n) is 3.09. The molecule has 5 nitrogen and oxygen atoms in total. The maximum absolute atomic E-state index is 12.5. The summed E-state index contributed by atoms with van der Waals surface area (Å²) in [5.41, 5.74) is 2.30. The molecule has 2 aliphatic rings. The van der Waals surface area contributed by atoms with Gasteiger partial charge in [-0.1, -0.05) is 18.2 Å². The maximum atomic E-state index is 12.5. The van der Waals surface area contributed by atoms with Crippen molar-refractivity contribution in [1.29, 1.82) is 0 Å². The van der Waals surface area contributed by atoms with E-state index in [-0.39, 0.29) is 12.5 Å². The zero-order valence-corrected chi connectivity index (χ0v) is 14.4. The Morgan fingerprint density at radius 2 is 2.26 bits per heavy atom. The Morgan fingerprint density at radius 1 is 1.39 bits per heavy atom. The highest BCUT2D eigenvalue weighted by Crippen LogP contribution is 2.27. The molecule has 3 rings (SSSR count). The van der Waals surface area contributed by atoms with Crippen molar-refractivity contribution in [2.24, 2.45) is 4.99 Å². The van der Waals surface area contributed by atoms with Crippen LogP contribution in [0.4, 0.5) is 5.69 Å². The lowest BCUT2D eigenvalue weighted by molar-refractivity contribution is -0.117. The summed E-state index contributed by atoms with van der Waals surface area (Å²) in [6.07, 6.45) is 3.50. The third-order valence-electron chi connectivity index (χ3n) is 4.34. The van der Waals surface area contributed by atoms with Crippen molar-refractivity contribution in [1.82, 2.24) is 10.6 Å². The lowest BCUT2D eigenvalue weighted by Gasteiger charge is -2.19. The summed E-state index contributed by atoms with van der Waals surface area (Å²) in [6, 6.07) is 8.12. The second-order valence-corrected chi connectivity index (χ2v) is 7.27. The van der Waals surface area contributed by atoms with E-state index < -0.39 is 0 Å². The van der Waals surface area contributed by atoms with Gasteiger partial charge in [0.2, 0.25) is 5.91 Å². The highest BCUT2D eigenvalue weighted by atomic mass is 32.2. The third-order valence-corrected chi connectivity index (χ3v) is 5.74. The number of nitrogens with zero attached hydrogens (tertiary/aromatic N) is 2. The summed E-state index contributed by atoms with van der Waals surface area (Å²) < 4.78 is 0. The van der Waals surface area contributed by atoms with Crippen LogP contribution in [0.2, 0.25) is 0 Å². The second-order valence-electron chi connectivity index (χ2n) is 5.87. The smallest absolute Gasteiger partial charge is 0.246 e. The van der Waals surface area contributed by atoms with Crippen LogP contribution in [0.3, 0.4) is 0 Å². The number of nitrogens with one attached hydrogen (secondary N) is 2. The van der Waals surface area contributed by atoms with Gasteiger partial charge in [-0.25, -0.2) is 0 Å². The average Bonchev–Trinajstić information content (AvgIpc) is 3.24. The molecule has 0 saturated carbocycles. The van der Waals surface area contributed by atoms with E-state index in [9.17, 15) is 4.79 Å². The number of hydrogen-bond donors (Lipinski definition) is 2. The van der Waals surface area contributed by atoms with Gasteiger partial charge >= 0.3 is 0 Å². The summed E-state index contributed by atoms with van der Waals surface area (Å²) in [7, 11) is 1.74. The van der Waals surface area contributed by atoms with E-state index in [1.54, 1.807) is 7.05 Å². The van der Waals surface area contributed by atoms with Gasteiger partial charge in [0.25, 0.3) is 0 Å². The monoisotopic (exact) mass is 332 g/mol. The Labute approximate surface area is 141 Å². The van der Waals surface area contributed by atoms with E-state index in [0.29, 0.717) is 11.2 Å². The molecule has 2 heterocycles. The SMILES string of the molecule is CN=C(NCC(=O)N1CCc2ccccc21)NCC1CCCS1. The van der Waals surface area contributed by atoms with Gasteiger partial charge in [-0.3, -0.25) is 9.79 Å². The summed E-state index contributed by atoms with van der Waals surface area (Å²) in [5, 5.41) is 7.12. The largest absolute Gasteiger partial charge is 0.355 e. The zero-order valence-electron chi connectivity index (χ0n) is 13.5. The Morgan fingerprint density at radius 3 is 3.04 bits per heavy atom. The molecule has 0 aromatic heterocycles. The number of benzene rings is 1. The first-order valence-electron chi connectivity index (χ1n) is 8.22. The number of amides is 1. The molecule has 1 aromatic carbocycles. The number of fused-ring (bicyclic) bond motifs is 1. The number of para-hydroxylation sites is 1. The molecule has 2 aliphatic heterocycles. The van der Waals surface area contributed by atoms with Gasteiger partial charge in [0, 0.05) is 31.1 Å². The topological polar surface area (TPSA) is 56.7 Å². The van der Waals surface area contributed by atoms with Gasteiger partial charge in [-0.2, -0.15) is 11.8 Å². The Balaban J connectivity index is 1.48. The first kappa shape index (κ1) is 16.2. The highest BCUT2D eigenvalue weighted by molar-refractivity contribution is 8.00. The minimum atomic E-state index is 0.0909. The second kappa shape index (κ2) is 7.73. The number of thioether (sulfide) groups is 1. The molecule has 1 fully saturated rings. The number of carbonyl (C=O) groups is 1. The van der Waals surface area contributed by atoms with E-state index in [1.807, 2.05) is 34.9 Å². The number of aliphatic imine (C=N–C) groups is 1. The van der Waals surface area contributed by atoms with Crippen LogP contribution in [0.1, 0.15) is 18.4 Å². The number of carbonyl (C=O) groups excluding carboxylic acids is 1. The molecule has 1 amide bonds. The zero-order chi connectivity index (χ0) is 16.1. The molecule has 1 aromatic rings. The molecule has 2 N–H and O–H groups in total. The van der Waals surface area contributed by atoms with Crippen LogP contribution in [0.15, 0.2) is 29.3 Å². The molecule has 0 spiro atoms. The molecule has 0 bridgehead atoms. The standard InChI is InChI=1S/C17H24N4OS/c1-18-17(19-11-14-6-4-10-23-14)20-12-16(22)21-9-8-13-5-2-3-7-15(13)21/h2-3,5,7,14H,4,6,8-12H2,1H3,(H2,18,19,20). The van der Waals surface area contributed by atoms with Crippen LogP contribution in [0.5, 0.6) is 0 Å².